The second kappa shape index (κ2) is 13.7. The van der Waals surface area contributed by atoms with E-state index >= 15 is 0 Å². The Bertz CT molecular complexity index is 461. The highest BCUT2D eigenvalue weighted by molar-refractivity contribution is 14.0. The number of guanidine groups is 1. The second-order valence-electron chi connectivity index (χ2n) is 4.95. The zero-order valence-electron chi connectivity index (χ0n) is 14.3. The Labute approximate surface area is 161 Å². The van der Waals surface area contributed by atoms with Crippen LogP contribution in [0.1, 0.15) is 44.1 Å². The molecule has 0 radical (unpaired) electrons. The summed E-state index contributed by atoms with van der Waals surface area (Å²) in [4.78, 5) is 4.20. The number of hydrogen-bond donors (Lipinski definition) is 2. The summed E-state index contributed by atoms with van der Waals surface area (Å²) < 4.78 is 5.39. The molecule has 1 rings (SSSR count). The van der Waals surface area contributed by atoms with Crippen LogP contribution >= 0.6 is 35.7 Å². The lowest BCUT2D eigenvalue weighted by molar-refractivity contribution is 0.368. The van der Waals surface area contributed by atoms with Gasteiger partial charge in [-0.2, -0.15) is 11.8 Å². The normalized spacial score (nSPS) is 11.2. The molecule has 1 aromatic heterocycles. The third-order valence-electron chi connectivity index (χ3n) is 3.41. The zero-order valence-corrected chi connectivity index (χ0v) is 17.4. The van der Waals surface area contributed by atoms with Crippen molar-refractivity contribution in [2.75, 3.05) is 25.1 Å². The molecular weight excluding hydrogens is 423 g/mol. The molecule has 0 fully saturated rings. The summed E-state index contributed by atoms with van der Waals surface area (Å²) >= 11 is 1.84. The molecule has 5 nitrogen and oxygen atoms in total. The molecule has 0 saturated heterocycles. The van der Waals surface area contributed by atoms with Crippen LogP contribution in [0.25, 0.3) is 0 Å². The second-order valence-corrected chi connectivity index (χ2v) is 6.10. The summed E-state index contributed by atoms with van der Waals surface area (Å²) in [7, 11) is 1.77. The third-order valence-corrected chi connectivity index (χ3v) is 4.37. The van der Waals surface area contributed by atoms with Gasteiger partial charge in [0, 0.05) is 37.1 Å². The predicted molar refractivity (Wildman–Crippen MR) is 111 cm³/mol. The number of nitrogens with one attached hydrogen (secondary N) is 2. The van der Waals surface area contributed by atoms with E-state index in [0.29, 0.717) is 12.5 Å². The molecule has 0 aromatic carbocycles. The molecule has 0 atom stereocenters. The van der Waals surface area contributed by atoms with Crippen molar-refractivity contribution in [2.24, 2.45) is 4.99 Å². The van der Waals surface area contributed by atoms with Crippen molar-refractivity contribution < 1.29 is 4.52 Å². The number of aliphatic imine (C=N–C) groups is 1. The Morgan fingerprint density at radius 3 is 2.78 bits per heavy atom. The lowest BCUT2D eigenvalue weighted by atomic mass is 9.99. The predicted octanol–water partition coefficient (Wildman–Crippen LogP) is 3.78. The molecule has 0 amide bonds. The van der Waals surface area contributed by atoms with Gasteiger partial charge in [-0.05, 0) is 12.8 Å². The van der Waals surface area contributed by atoms with Crippen LogP contribution in [0.2, 0.25) is 0 Å². The first-order valence-electron chi connectivity index (χ1n) is 7.83. The SMILES string of the molecule is C=CCSCCNC(=NC)NCc1cc(C(CC)CC)no1.I. The third kappa shape index (κ3) is 8.64. The molecular formula is C16H29IN4OS. The van der Waals surface area contributed by atoms with Gasteiger partial charge in [0.15, 0.2) is 11.7 Å². The quantitative estimate of drug-likeness (QED) is 0.186. The molecule has 0 spiro atoms. The summed E-state index contributed by atoms with van der Waals surface area (Å²) in [6.07, 6.45) is 4.09. The van der Waals surface area contributed by atoms with Crippen LogP contribution < -0.4 is 10.6 Å². The van der Waals surface area contributed by atoms with Crippen molar-refractivity contribution in [2.45, 2.75) is 39.2 Å². The molecule has 0 aliphatic carbocycles. The van der Waals surface area contributed by atoms with Gasteiger partial charge in [0.25, 0.3) is 0 Å². The molecule has 0 aliphatic rings. The number of halogens is 1. The van der Waals surface area contributed by atoms with E-state index in [2.05, 4.69) is 41.2 Å². The monoisotopic (exact) mass is 452 g/mol. The fourth-order valence-corrected chi connectivity index (χ4v) is 2.69. The van der Waals surface area contributed by atoms with Crippen LogP contribution in [0.4, 0.5) is 0 Å². The van der Waals surface area contributed by atoms with Crippen LogP contribution in [-0.2, 0) is 6.54 Å². The van der Waals surface area contributed by atoms with Crippen LogP contribution in [-0.4, -0.2) is 36.2 Å². The van der Waals surface area contributed by atoms with E-state index in [9.17, 15) is 0 Å². The zero-order chi connectivity index (χ0) is 16.2. The van der Waals surface area contributed by atoms with Crippen LogP contribution in [0.3, 0.4) is 0 Å². The average Bonchev–Trinajstić information content (AvgIpc) is 3.00. The first-order chi connectivity index (χ1) is 10.7. The van der Waals surface area contributed by atoms with Gasteiger partial charge in [0.1, 0.15) is 0 Å². The summed E-state index contributed by atoms with van der Waals surface area (Å²) in [5, 5.41) is 10.7. The van der Waals surface area contributed by atoms with Crippen molar-refractivity contribution in [1.82, 2.24) is 15.8 Å². The van der Waals surface area contributed by atoms with E-state index in [1.807, 2.05) is 23.9 Å². The number of rotatable bonds is 10. The number of aromatic nitrogens is 1. The molecule has 1 heterocycles. The molecule has 0 aliphatic heterocycles. The van der Waals surface area contributed by atoms with E-state index in [-0.39, 0.29) is 24.0 Å². The molecule has 132 valence electrons. The molecule has 0 bridgehead atoms. The van der Waals surface area contributed by atoms with E-state index in [1.54, 1.807) is 7.05 Å². The Balaban J connectivity index is 0.00000484. The van der Waals surface area contributed by atoms with Gasteiger partial charge in [-0.15, -0.1) is 30.6 Å². The smallest absolute Gasteiger partial charge is 0.191 e. The van der Waals surface area contributed by atoms with Gasteiger partial charge in [0.2, 0.25) is 0 Å². The largest absolute Gasteiger partial charge is 0.359 e. The van der Waals surface area contributed by atoms with Gasteiger partial charge >= 0.3 is 0 Å². The maximum absolute atomic E-state index is 5.39. The van der Waals surface area contributed by atoms with E-state index < -0.39 is 0 Å². The van der Waals surface area contributed by atoms with Gasteiger partial charge in [-0.1, -0.05) is 25.1 Å². The Hall–Kier alpha value is -0.700. The molecule has 7 heteroatoms. The molecule has 2 N–H and O–H groups in total. The Morgan fingerprint density at radius 1 is 1.43 bits per heavy atom. The fourth-order valence-electron chi connectivity index (χ4n) is 2.11. The minimum Gasteiger partial charge on any atom is -0.359 e. The van der Waals surface area contributed by atoms with E-state index in [0.717, 1.165) is 48.3 Å². The van der Waals surface area contributed by atoms with Crippen LogP contribution in [0.15, 0.2) is 28.2 Å². The lowest BCUT2D eigenvalue weighted by Gasteiger charge is -2.10. The van der Waals surface area contributed by atoms with Gasteiger partial charge < -0.3 is 15.2 Å². The van der Waals surface area contributed by atoms with Gasteiger partial charge in [0.05, 0.1) is 12.2 Å². The molecule has 0 unspecified atom stereocenters. The standard InChI is InChI=1S/C16H28N4OS.HI/c1-5-9-22-10-8-18-16(17-4)19-12-14-11-15(20-21-14)13(6-2)7-3;/h5,11,13H,1,6-10,12H2,2-4H3,(H2,17,18,19);1H. The number of nitrogens with zero attached hydrogens (tertiary/aromatic N) is 2. The highest BCUT2D eigenvalue weighted by Crippen LogP contribution is 2.22. The van der Waals surface area contributed by atoms with Gasteiger partial charge in [-0.3, -0.25) is 4.99 Å². The minimum absolute atomic E-state index is 0. The summed E-state index contributed by atoms with van der Waals surface area (Å²) in [5.74, 6) is 4.10. The first kappa shape index (κ1) is 22.3. The number of hydrogen-bond acceptors (Lipinski definition) is 4. The minimum atomic E-state index is 0. The fraction of sp³-hybridized carbons (Fsp3) is 0.625. The van der Waals surface area contributed by atoms with Crippen molar-refractivity contribution in [3.63, 3.8) is 0 Å². The Kier molecular flexibility index (Phi) is 13.3. The van der Waals surface area contributed by atoms with E-state index in [4.69, 9.17) is 4.52 Å². The van der Waals surface area contributed by atoms with Crippen molar-refractivity contribution in [3.05, 3.63) is 30.2 Å². The highest BCUT2D eigenvalue weighted by Gasteiger charge is 2.12. The number of thioether (sulfide) groups is 1. The van der Waals surface area contributed by atoms with Crippen molar-refractivity contribution >= 4 is 41.7 Å². The highest BCUT2D eigenvalue weighted by atomic mass is 127. The molecule has 0 saturated carbocycles. The molecule has 23 heavy (non-hydrogen) atoms. The lowest BCUT2D eigenvalue weighted by Crippen LogP contribution is -2.37. The molecule has 1 aromatic rings. The van der Waals surface area contributed by atoms with Crippen LogP contribution in [0.5, 0.6) is 0 Å². The average molecular weight is 452 g/mol. The van der Waals surface area contributed by atoms with Gasteiger partial charge in [-0.25, -0.2) is 0 Å². The van der Waals surface area contributed by atoms with Crippen molar-refractivity contribution in [3.8, 4) is 0 Å². The summed E-state index contributed by atoms with van der Waals surface area (Å²) in [6.45, 7) is 9.52. The first-order valence-corrected chi connectivity index (χ1v) is 8.99. The summed E-state index contributed by atoms with van der Waals surface area (Å²) in [5.41, 5.74) is 1.05. The topological polar surface area (TPSA) is 62.5 Å². The Morgan fingerprint density at radius 2 is 2.17 bits per heavy atom. The maximum atomic E-state index is 5.39. The van der Waals surface area contributed by atoms with Crippen LogP contribution in [0, 0.1) is 0 Å². The summed E-state index contributed by atoms with van der Waals surface area (Å²) in [6, 6.07) is 2.04. The maximum Gasteiger partial charge on any atom is 0.191 e. The van der Waals surface area contributed by atoms with Crippen molar-refractivity contribution in [1.29, 1.82) is 0 Å². The van der Waals surface area contributed by atoms with E-state index in [1.165, 1.54) is 0 Å².